The minimum absolute atomic E-state index is 0. The van der Waals surface area contributed by atoms with Gasteiger partial charge in [-0.25, -0.2) is 0 Å². The van der Waals surface area contributed by atoms with Gasteiger partial charge in [0.1, 0.15) is 5.75 Å². The fourth-order valence-corrected chi connectivity index (χ4v) is 4.54. The Morgan fingerprint density at radius 2 is 1.91 bits per heavy atom. The molecule has 7 nitrogen and oxygen atoms in total. The van der Waals surface area contributed by atoms with Crippen LogP contribution < -0.4 is 15.4 Å². The molecule has 1 aromatic rings. The lowest BCUT2D eigenvalue weighted by Gasteiger charge is -2.38. The van der Waals surface area contributed by atoms with E-state index in [9.17, 15) is 0 Å². The summed E-state index contributed by atoms with van der Waals surface area (Å²) in [6.07, 6.45) is 2.16. The molecule has 2 aliphatic rings. The maximum atomic E-state index is 5.97. The number of nitrogens with one attached hydrogen (secondary N) is 2. The average Bonchev–Trinajstić information content (AvgIpc) is 2.79. The van der Waals surface area contributed by atoms with E-state index in [1.165, 1.54) is 5.56 Å². The first-order chi connectivity index (χ1) is 15.0. The number of nitrogens with zero attached hydrogens (tertiary/aromatic N) is 2. The Morgan fingerprint density at radius 1 is 1.19 bits per heavy atom. The van der Waals surface area contributed by atoms with Crippen LogP contribution in [0.15, 0.2) is 29.3 Å². The van der Waals surface area contributed by atoms with Crippen LogP contribution in [0.25, 0.3) is 0 Å². The van der Waals surface area contributed by atoms with Gasteiger partial charge in [-0.3, -0.25) is 9.89 Å². The van der Waals surface area contributed by atoms with Crippen molar-refractivity contribution in [2.24, 2.45) is 10.9 Å². The molecule has 0 radical (unpaired) electrons. The monoisotopic (exact) mass is 560 g/mol. The van der Waals surface area contributed by atoms with E-state index in [2.05, 4.69) is 46.5 Å². The zero-order valence-corrected chi connectivity index (χ0v) is 22.4. The van der Waals surface area contributed by atoms with Crippen molar-refractivity contribution >= 4 is 29.9 Å². The van der Waals surface area contributed by atoms with E-state index in [0.717, 1.165) is 77.1 Å². The van der Waals surface area contributed by atoms with Gasteiger partial charge in [-0.2, -0.15) is 0 Å². The molecule has 2 N–H and O–H groups in total. The third-order valence-electron chi connectivity index (χ3n) is 6.31. The predicted molar refractivity (Wildman–Crippen MR) is 141 cm³/mol. The van der Waals surface area contributed by atoms with Crippen LogP contribution in [0.2, 0.25) is 0 Å². The molecule has 0 aliphatic carbocycles. The van der Waals surface area contributed by atoms with Crippen LogP contribution in [0.3, 0.4) is 0 Å². The molecule has 0 aromatic heterocycles. The number of guanidine groups is 1. The van der Waals surface area contributed by atoms with Crippen molar-refractivity contribution in [3.63, 3.8) is 0 Å². The second kappa shape index (κ2) is 13.6. The summed E-state index contributed by atoms with van der Waals surface area (Å²) in [5.41, 5.74) is 1.34. The van der Waals surface area contributed by atoms with Crippen molar-refractivity contribution < 1.29 is 14.2 Å². The molecule has 1 aromatic carbocycles. The van der Waals surface area contributed by atoms with E-state index in [1.807, 2.05) is 19.2 Å². The third-order valence-corrected chi connectivity index (χ3v) is 6.31. The fourth-order valence-electron chi connectivity index (χ4n) is 4.54. The molecule has 3 rings (SSSR count). The molecule has 0 bridgehead atoms. The van der Waals surface area contributed by atoms with Crippen LogP contribution in [0.1, 0.15) is 32.3 Å². The molecule has 182 valence electrons. The van der Waals surface area contributed by atoms with Gasteiger partial charge < -0.3 is 24.8 Å². The highest BCUT2D eigenvalue weighted by Gasteiger charge is 2.34. The lowest BCUT2D eigenvalue weighted by atomic mass is 9.74. The summed E-state index contributed by atoms with van der Waals surface area (Å²) in [5, 5.41) is 7.05. The van der Waals surface area contributed by atoms with E-state index >= 15 is 0 Å². The lowest BCUT2D eigenvalue weighted by molar-refractivity contribution is -0.0284. The summed E-state index contributed by atoms with van der Waals surface area (Å²) in [6, 6.07) is 8.45. The Bertz CT molecular complexity index is 693. The molecule has 32 heavy (non-hydrogen) atoms. The van der Waals surface area contributed by atoms with Crippen molar-refractivity contribution in [2.45, 2.75) is 38.2 Å². The van der Waals surface area contributed by atoms with Crippen LogP contribution >= 0.6 is 24.0 Å². The molecule has 1 unspecified atom stereocenters. The highest BCUT2D eigenvalue weighted by molar-refractivity contribution is 14.0. The summed E-state index contributed by atoms with van der Waals surface area (Å²) in [5.74, 6) is 2.38. The predicted octanol–water partition coefficient (Wildman–Crippen LogP) is 2.88. The first-order valence-corrected chi connectivity index (χ1v) is 11.6. The average molecular weight is 561 g/mol. The van der Waals surface area contributed by atoms with Gasteiger partial charge in [0.25, 0.3) is 0 Å². The van der Waals surface area contributed by atoms with Gasteiger partial charge in [-0.1, -0.05) is 26.0 Å². The molecule has 2 heterocycles. The van der Waals surface area contributed by atoms with E-state index in [-0.39, 0.29) is 35.5 Å². The number of halogens is 1. The molecule has 0 spiro atoms. The van der Waals surface area contributed by atoms with Gasteiger partial charge in [0.05, 0.1) is 19.8 Å². The van der Waals surface area contributed by atoms with Gasteiger partial charge in [-0.05, 0) is 36.5 Å². The molecular formula is C24H41IN4O3. The number of methoxy groups -OCH3 is 1. The number of benzene rings is 1. The maximum absolute atomic E-state index is 5.97. The summed E-state index contributed by atoms with van der Waals surface area (Å²) in [7, 11) is 3.53. The van der Waals surface area contributed by atoms with Crippen LogP contribution in [-0.4, -0.2) is 83.7 Å². The number of hydrogen-bond acceptors (Lipinski definition) is 5. The summed E-state index contributed by atoms with van der Waals surface area (Å²) in [4.78, 5) is 6.95. The number of ether oxygens (including phenoxy) is 3. The molecule has 0 saturated carbocycles. The smallest absolute Gasteiger partial charge is 0.191 e. The van der Waals surface area contributed by atoms with E-state index in [1.54, 1.807) is 7.11 Å². The topological polar surface area (TPSA) is 67.4 Å². The Kier molecular flexibility index (Phi) is 11.5. The van der Waals surface area contributed by atoms with Crippen molar-refractivity contribution in [1.82, 2.24) is 15.5 Å². The first-order valence-electron chi connectivity index (χ1n) is 11.6. The minimum Gasteiger partial charge on any atom is -0.497 e. The van der Waals surface area contributed by atoms with Crippen LogP contribution in [0, 0.1) is 5.92 Å². The van der Waals surface area contributed by atoms with Crippen molar-refractivity contribution in [2.75, 3.05) is 66.7 Å². The van der Waals surface area contributed by atoms with E-state index < -0.39 is 0 Å². The molecule has 0 amide bonds. The van der Waals surface area contributed by atoms with Crippen molar-refractivity contribution in [3.8, 4) is 5.75 Å². The van der Waals surface area contributed by atoms with Gasteiger partial charge in [0.2, 0.25) is 0 Å². The SMILES string of the molecule is CN=C(NCC1CN(CC(C)C)CCO1)NCC1(c2ccc(OC)cc2)CCOCC1.I. The first kappa shape index (κ1) is 27.1. The van der Waals surface area contributed by atoms with E-state index in [4.69, 9.17) is 14.2 Å². The second-order valence-corrected chi connectivity index (χ2v) is 9.07. The van der Waals surface area contributed by atoms with Gasteiger partial charge >= 0.3 is 0 Å². The minimum atomic E-state index is 0. The third kappa shape index (κ3) is 7.74. The van der Waals surface area contributed by atoms with Gasteiger partial charge in [0, 0.05) is 58.4 Å². The lowest BCUT2D eigenvalue weighted by Crippen LogP contribution is -2.52. The number of morpholine rings is 1. The van der Waals surface area contributed by atoms with Gasteiger partial charge in [0.15, 0.2) is 5.96 Å². The molecule has 1 atom stereocenters. The number of rotatable bonds is 8. The normalized spacial score (nSPS) is 21.7. The number of aliphatic imine (C=N–C) groups is 1. The Labute approximate surface area is 210 Å². The summed E-state index contributed by atoms with van der Waals surface area (Å²) >= 11 is 0. The highest BCUT2D eigenvalue weighted by Crippen LogP contribution is 2.35. The second-order valence-electron chi connectivity index (χ2n) is 9.07. The van der Waals surface area contributed by atoms with Crippen LogP contribution in [0.4, 0.5) is 0 Å². The summed E-state index contributed by atoms with van der Waals surface area (Å²) in [6.45, 7) is 11.6. The fraction of sp³-hybridized carbons (Fsp3) is 0.708. The highest BCUT2D eigenvalue weighted by atomic mass is 127. The van der Waals surface area contributed by atoms with Crippen molar-refractivity contribution in [1.29, 1.82) is 0 Å². The molecule has 2 aliphatic heterocycles. The van der Waals surface area contributed by atoms with Gasteiger partial charge in [-0.15, -0.1) is 24.0 Å². The molecule has 2 saturated heterocycles. The Morgan fingerprint density at radius 3 is 2.53 bits per heavy atom. The van der Waals surface area contributed by atoms with Crippen LogP contribution in [0.5, 0.6) is 5.75 Å². The molecule has 2 fully saturated rings. The zero-order valence-electron chi connectivity index (χ0n) is 20.1. The molecular weight excluding hydrogens is 519 g/mol. The van der Waals surface area contributed by atoms with E-state index in [0.29, 0.717) is 5.92 Å². The quantitative estimate of drug-likeness (QED) is 0.290. The summed E-state index contributed by atoms with van der Waals surface area (Å²) < 4.78 is 17.0. The zero-order chi connectivity index (χ0) is 22.1. The Hall–Kier alpha value is -1.10. The maximum Gasteiger partial charge on any atom is 0.191 e. The Balaban J connectivity index is 0.00000363. The number of hydrogen-bond donors (Lipinski definition) is 2. The largest absolute Gasteiger partial charge is 0.497 e. The standard InChI is InChI=1S/C24H40N4O3.HI/c1-19(2)16-28-11-14-31-22(17-28)15-26-23(25-3)27-18-24(9-12-30-13-10-24)20-5-7-21(29-4)8-6-20;/h5-8,19,22H,9-18H2,1-4H3,(H2,25,26,27);1H. The van der Waals surface area contributed by atoms with Crippen molar-refractivity contribution in [3.05, 3.63) is 29.8 Å². The molecule has 8 heteroatoms. The van der Waals surface area contributed by atoms with Crippen LogP contribution in [-0.2, 0) is 14.9 Å².